The summed E-state index contributed by atoms with van der Waals surface area (Å²) in [7, 11) is -3.64. The van der Waals surface area contributed by atoms with Gasteiger partial charge in [0.15, 0.2) is 0 Å². The van der Waals surface area contributed by atoms with Crippen LogP contribution in [0.2, 0.25) is 5.02 Å². The van der Waals surface area contributed by atoms with Gasteiger partial charge in [0.05, 0.1) is 6.54 Å². The molecule has 6 nitrogen and oxygen atoms in total. The zero-order valence-electron chi connectivity index (χ0n) is 13.0. The summed E-state index contributed by atoms with van der Waals surface area (Å²) in [6.45, 7) is 3.72. The molecule has 0 saturated heterocycles. The summed E-state index contributed by atoms with van der Waals surface area (Å²) >= 11 is 7.01. The summed E-state index contributed by atoms with van der Waals surface area (Å²) in [5.74, 6) is 0.505. The molecule has 1 aromatic carbocycles. The average Bonchev–Trinajstić information content (AvgIpc) is 3.27. The molecule has 130 valence electrons. The number of sulfonamides is 1. The van der Waals surface area contributed by atoms with Gasteiger partial charge in [-0.25, -0.2) is 8.42 Å². The molecule has 0 aliphatic carbocycles. The molecular weight excluding hydrogens is 382 g/mol. The highest BCUT2D eigenvalue weighted by molar-refractivity contribution is 7.91. The molecular formula is C16H14ClN3O3S2. The lowest BCUT2D eigenvalue weighted by atomic mass is 10.2. The van der Waals surface area contributed by atoms with Gasteiger partial charge in [-0.2, -0.15) is 4.31 Å². The van der Waals surface area contributed by atoms with Gasteiger partial charge < -0.3 is 4.42 Å². The van der Waals surface area contributed by atoms with E-state index in [1.54, 1.807) is 41.8 Å². The lowest BCUT2D eigenvalue weighted by Gasteiger charge is -2.17. The van der Waals surface area contributed by atoms with Crippen LogP contribution in [0.15, 0.2) is 63.1 Å². The molecule has 2 heterocycles. The van der Waals surface area contributed by atoms with Gasteiger partial charge in [-0.3, -0.25) is 0 Å². The number of benzene rings is 1. The molecule has 0 amide bonds. The molecule has 2 aromatic heterocycles. The second kappa shape index (κ2) is 7.49. The van der Waals surface area contributed by atoms with Crippen LogP contribution in [-0.2, 0) is 16.6 Å². The van der Waals surface area contributed by atoms with E-state index in [2.05, 4.69) is 16.8 Å². The third-order valence-electron chi connectivity index (χ3n) is 3.29. The molecule has 0 radical (unpaired) electrons. The van der Waals surface area contributed by atoms with E-state index in [9.17, 15) is 8.42 Å². The smallest absolute Gasteiger partial charge is 0.253 e. The maximum absolute atomic E-state index is 12.7. The van der Waals surface area contributed by atoms with Crippen molar-refractivity contribution in [1.29, 1.82) is 0 Å². The Labute approximate surface area is 154 Å². The number of aromatic nitrogens is 2. The SMILES string of the molecule is C=CCN(Cc1nnc(-c2ccc(Cl)cc2)o1)S(=O)(=O)c1cccs1. The second-order valence-corrected chi connectivity index (χ2v) is 8.58. The van der Waals surface area contributed by atoms with E-state index in [1.807, 2.05) is 0 Å². The van der Waals surface area contributed by atoms with Crippen LogP contribution in [-0.4, -0.2) is 29.5 Å². The van der Waals surface area contributed by atoms with Gasteiger partial charge in [0, 0.05) is 17.1 Å². The van der Waals surface area contributed by atoms with Crippen molar-refractivity contribution in [2.24, 2.45) is 0 Å². The van der Waals surface area contributed by atoms with E-state index < -0.39 is 10.0 Å². The Morgan fingerprint density at radius 1 is 1.24 bits per heavy atom. The van der Waals surface area contributed by atoms with Crippen LogP contribution < -0.4 is 0 Å². The van der Waals surface area contributed by atoms with E-state index in [-0.39, 0.29) is 23.2 Å². The van der Waals surface area contributed by atoms with E-state index in [4.69, 9.17) is 16.0 Å². The third kappa shape index (κ3) is 3.98. The summed E-state index contributed by atoms with van der Waals surface area (Å²) in [5.41, 5.74) is 0.708. The molecule has 9 heteroatoms. The van der Waals surface area contributed by atoms with Crippen LogP contribution in [0.1, 0.15) is 5.89 Å². The van der Waals surface area contributed by atoms with Gasteiger partial charge in [-0.1, -0.05) is 23.7 Å². The van der Waals surface area contributed by atoms with E-state index in [1.165, 1.54) is 10.4 Å². The number of hydrogen-bond acceptors (Lipinski definition) is 6. The quantitative estimate of drug-likeness (QED) is 0.568. The number of halogens is 1. The van der Waals surface area contributed by atoms with Crippen LogP contribution in [0.3, 0.4) is 0 Å². The monoisotopic (exact) mass is 395 g/mol. The summed E-state index contributed by atoms with van der Waals surface area (Å²) in [6.07, 6.45) is 1.52. The number of nitrogens with zero attached hydrogens (tertiary/aromatic N) is 3. The normalized spacial score (nSPS) is 11.8. The predicted molar refractivity (Wildman–Crippen MR) is 96.9 cm³/mol. The standard InChI is InChI=1S/C16H14ClN3O3S2/c1-2-9-20(25(21,22)15-4-3-10-24-15)11-14-18-19-16(23-14)12-5-7-13(17)8-6-12/h2-8,10H,1,9,11H2. The third-order valence-corrected chi connectivity index (χ3v) is 6.73. The molecule has 3 rings (SSSR count). The highest BCUT2D eigenvalue weighted by atomic mass is 35.5. The predicted octanol–water partition coefficient (Wildman–Crippen LogP) is 3.83. The Bertz CT molecular complexity index is 951. The molecule has 0 atom stereocenters. The van der Waals surface area contributed by atoms with Gasteiger partial charge in [0.2, 0.25) is 11.8 Å². The van der Waals surface area contributed by atoms with Crippen molar-refractivity contribution in [1.82, 2.24) is 14.5 Å². The minimum Gasteiger partial charge on any atom is -0.419 e. The van der Waals surface area contributed by atoms with E-state index in [0.29, 0.717) is 16.5 Å². The van der Waals surface area contributed by atoms with Crippen molar-refractivity contribution in [3.63, 3.8) is 0 Å². The topological polar surface area (TPSA) is 76.3 Å². The summed E-state index contributed by atoms with van der Waals surface area (Å²) in [6, 6.07) is 10.2. The lowest BCUT2D eigenvalue weighted by Crippen LogP contribution is -2.30. The molecule has 0 N–H and O–H groups in total. The van der Waals surface area contributed by atoms with E-state index >= 15 is 0 Å². The Morgan fingerprint density at radius 3 is 2.64 bits per heavy atom. The first kappa shape index (κ1) is 17.8. The maximum atomic E-state index is 12.7. The Hall–Kier alpha value is -2.00. The van der Waals surface area contributed by atoms with Gasteiger partial charge in [0.1, 0.15) is 4.21 Å². The summed E-state index contributed by atoms with van der Waals surface area (Å²) < 4.78 is 32.5. The first-order chi connectivity index (χ1) is 12.0. The second-order valence-electron chi connectivity index (χ2n) is 5.03. The molecule has 0 aliphatic heterocycles. The fraction of sp³-hybridized carbons (Fsp3) is 0.125. The van der Waals surface area contributed by atoms with Crippen molar-refractivity contribution in [2.75, 3.05) is 6.54 Å². The molecule has 25 heavy (non-hydrogen) atoms. The molecule has 0 saturated carbocycles. The molecule has 0 fully saturated rings. The van der Waals surface area contributed by atoms with Crippen LogP contribution >= 0.6 is 22.9 Å². The highest BCUT2D eigenvalue weighted by Gasteiger charge is 2.26. The first-order valence-electron chi connectivity index (χ1n) is 7.23. The van der Waals surface area contributed by atoms with Gasteiger partial charge in [-0.05, 0) is 35.7 Å². The molecule has 0 spiro atoms. The Balaban J connectivity index is 1.84. The largest absolute Gasteiger partial charge is 0.419 e. The van der Waals surface area contributed by atoms with Crippen LogP contribution in [0.25, 0.3) is 11.5 Å². The van der Waals surface area contributed by atoms with Crippen molar-refractivity contribution < 1.29 is 12.8 Å². The first-order valence-corrected chi connectivity index (χ1v) is 9.93. The van der Waals surface area contributed by atoms with Gasteiger partial charge in [-0.15, -0.1) is 28.1 Å². The minimum absolute atomic E-state index is 0.0349. The van der Waals surface area contributed by atoms with Crippen LogP contribution in [0, 0.1) is 0 Å². The number of thiophene rings is 1. The van der Waals surface area contributed by atoms with Gasteiger partial charge in [0.25, 0.3) is 10.0 Å². The summed E-state index contributed by atoms with van der Waals surface area (Å²) in [5, 5.41) is 10.2. The average molecular weight is 396 g/mol. The molecule has 3 aromatic rings. The zero-order valence-corrected chi connectivity index (χ0v) is 15.4. The van der Waals surface area contributed by atoms with E-state index in [0.717, 1.165) is 11.3 Å². The highest BCUT2D eigenvalue weighted by Crippen LogP contribution is 2.24. The van der Waals surface area contributed by atoms with Gasteiger partial charge >= 0.3 is 0 Å². The fourth-order valence-electron chi connectivity index (χ4n) is 2.11. The number of rotatable bonds is 7. The van der Waals surface area contributed by atoms with Crippen LogP contribution in [0.4, 0.5) is 0 Å². The van der Waals surface area contributed by atoms with Crippen LogP contribution in [0.5, 0.6) is 0 Å². The molecule has 0 aliphatic rings. The van der Waals surface area contributed by atoms with Crippen molar-refractivity contribution in [3.05, 3.63) is 65.3 Å². The zero-order chi connectivity index (χ0) is 17.9. The molecule has 0 bridgehead atoms. The summed E-state index contributed by atoms with van der Waals surface area (Å²) in [4.78, 5) is 0. The molecule has 0 unspecified atom stereocenters. The van der Waals surface area contributed by atoms with Crippen molar-refractivity contribution in [3.8, 4) is 11.5 Å². The number of hydrogen-bond donors (Lipinski definition) is 0. The Kier molecular flexibility index (Phi) is 5.33. The fourth-order valence-corrected chi connectivity index (χ4v) is 4.74. The van der Waals surface area contributed by atoms with Crippen molar-refractivity contribution >= 4 is 33.0 Å². The lowest BCUT2D eigenvalue weighted by molar-refractivity contribution is 0.381. The Morgan fingerprint density at radius 2 is 2.00 bits per heavy atom. The minimum atomic E-state index is -3.64. The van der Waals surface area contributed by atoms with Crippen molar-refractivity contribution in [2.45, 2.75) is 10.8 Å². The maximum Gasteiger partial charge on any atom is 0.253 e.